The summed E-state index contributed by atoms with van der Waals surface area (Å²) in [5.41, 5.74) is 0.547. The smallest absolute Gasteiger partial charge is 0.243 e. The molecule has 0 saturated heterocycles. The maximum atomic E-state index is 12.4. The van der Waals surface area contributed by atoms with Crippen LogP contribution in [-0.4, -0.2) is 53.4 Å². The molecular formula is C16H22N4O3S4. The van der Waals surface area contributed by atoms with E-state index in [4.69, 9.17) is 0 Å². The second-order valence-electron chi connectivity index (χ2n) is 5.74. The van der Waals surface area contributed by atoms with Gasteiger partial charge in [-0.25, -0.2) is 8.42 Å². The Morgan fingerprint density at radius 1 is 1.19 bits per heavy atom. The van der Waals surface area contributed by atoms with E-state index in [2.05, 4.69) is 15.5 Å². The van der Waals surface area contributed by atoms with E-state index < -0.39 is 10.0 Å². The van der Waals surface area contributed by atoms with E-state index in [1.807, 2.05) is 20.8 Å². The molecule has 1 amide bonds. The zero-order chi connectivity index (χ0) is 20.0. The van der Waals surface area contributed by atoms with E-state index >= 15 is 0 Å². The Hall–Kier alpha value is -1.14. The Bertz CT molecular complexity index is 866. The fraction of sp³-hybridized carbons (Fsp3) is 0.438. The topological polar surface area (TPSA) is 92.3 Å². The third-order valence-corrected chi connectivity index (χ3v) is 8.64. The summed E-state index contributed by atoms with van der Waals surface area (Å²) >= 11 is 4.41. The molecule has 148 valence electrons. The number of benzene rings is 1. The molecule has 0 spiro atoms. The Kier molecular flexibility index (Phi) is 8.10. The van der Waals surface area contributed by atoms with Gasteiger partial charge in [0.05, 0.1) is 10.6 Å². The van der Waals surface area contributed by atoms with E-state index in [9.17, 15) is 13.2 Å². The Labute approximate surface area is 172 Å². The second-order valence-corrected chi connectivity index (χ2v) is 11.5. The average molecular weight is 447 g/mol. The van der Waals surface area contributed by atoms with Crippen LogP contribution in [0.2, 0.25) is 0 Å². The van der Waals surface area contributed by atoms with Gasteiger partial charge in [-0.2, -0.15) is 4.31 Å². The Morgan fingerprint density at radius 2 is 1.78 bits per heavy atom. The first-order chi connectivity index (χ1) is 12.7. The fourth-order valence-electron chi connectivity index (χ4n) is 1.92. The van der Waals surface area contributed by atoms with Gasteiger partial charge in [0, 0.05) is 18.8 Å². The van der Waals surface area contributed by atoms with Crippen molar-refractivity contribution in [3.05, 3.63) is 24.3 Å². The number of hydrogen-bond acceptors (Lipinski definition) is 8. The van der Waals surface area contributed by atoms with Crippen LogP contribution in [0, 0.1) is 0 Å². The third-order valence-electron chi connectivity index (χ3n) is 3.52. The standard InChI is InChI=1S/C16H22N4O3S4/c1-5-24-15-18-19-16(26-15)25-10-14(21)17-12-6-8-13(9-7-12)27(22,23)20(4)11(2)3/h6-9,11H,5,10H2,1-4H3,(H,17,21). The van der Waals surface area contributed by atoms with Gasteiger partial charge in [-0.15, -0.1) is 10.2 Å². The minimum Gasteiger partial charge on any atom is -0.325 e. The van der Waals surface area contributed by atoms with E-state index in [0.717, 1.165) is 14.4 Å². The van der Waals surface area contributed by atoms with Gasteiger partial charge in [-0.1, -0.05) is 41.8 Å². The number of carbonyl (C=O) groups excluding carboxylic acids is 1. The molecule has 0 saturated carbocycles. The van der Waals surface area contributed by atoms with Crippen molar-refractivity contribution in [2.45, 2.75) is 40.4 Å². The van der Waals surface area contributed by atoms with Crippen molar-refractivity contribution in [2.75, 3.05) is 23.9 Å². The lowest BCUT2D eigenvalue weighted by Crippen LogP contribution is -2.33. The summed E-state index contributed by atoms with van der Waals surface area (Å²) in [6, 6.07) is 6.03. The summed E-state index contributed by atoms with van der Waals surface area (Å²) in [6.07, 6.45) is 0. The fourth-order valence-corrected chi connectivity index (χ4v) is 6.00. The number of nitrogens with zero attached hydrogens (tertiary/aromatic N) is 3. The largest absolute Gasteiger partial charge is 0.325 e. The highest BCUT2D eigenvalue weighted by Crippen LogP contribution is 2.28. The van der Waals surface area contributed by atoms with Crippen LogP contribution in [0.15, 0.2) is 37.8 Å². The molecule has 0 aliphatic carbocycles. The first kappa shape index (κ1) is 22.2. The molecule has 0 aliphatic rings. The summed E-state index contributed by atoms with van der Waals surface area (Å²) in [4.78, 5) is 12.3. The molecule has 1 N–H and O–H groups in total. The molecule has 2 aromatic rings. The second kappa shape index (κ2) is 9.87. The van der Waals surface area contributed by atoms with Gasteiger partial charge < -0.3 is 5.32 Å². The van der Waals surface area contributed by atoms with Gasteiger partial charge >= 0.3 is 0 Å². The SMILES string of the molecule is CCSc1nnc(SCC(=O)Nc2ccc(S(=O)(=O)N(C)C(C)C)cc2)s1. The number of carbonyl (C=O) groups is 1. The zero-order valence-electron chi connectivity index (χ0n) is 15.5. The summed E-state index contributed by atoms with van der Waals surface area (Å²) in [6.45, 7) is 5.67. The lowest BCUT2D eigenvalue weighted by atomic mass is 10.3. The van der Waals surface area contributed by atoms with Gasteiger partial charge in [0.2, 0.25) is 15.9 Å². The van der Waals surface area contributed by atoms with Crippen LogP contribution in [0.4, 0.5) is 5.69 Å². The van der Waals surface area contributed by atoms with Crippen molar-refractivity contribution in [1.29, 1.82) is 0 Å². The molecule has 1 heterocycles. The molecule has 11 heteroatoms. The Balaban J connectivity index is 1.92. The van der Waals surface area contributed by atoms with E-state index in [1.54, 1.807) is 30.9 Å². The molecule has 1 aromatic heterocycles. The van der Waals surface area contributed by atoms with Crippen LogP contribution in [0.1, 0.15) is 20.8 Å². The van der Waals surface area contributed by atoms with Crippen LogP contribution >= 0.6 is 34.9 Å². The predicted octanol–water partition coefficient (Wildman–Crippen LogP) is 3.41. The first-order valence-corrected chi connectivity index (χ1v) is 12.4. The van der Waals surface area contributed by atoms with Crippen molar-refractivity contribution in [3.8, 4) is 0 Å². The molecule has 0 unspecified atom stereocenters. The van der Waals surface area contributed by atoms with Crippen LogP contribution in [-0.2, 0) is 14.8 Å². The number of amides is 1. The minimum atomic E-state index is -3.53. The molecule has 0 atom stereocenters. The number of hydrogen-bond donors (Lipinski definition) is 1. The number of sulfonamides is 1. The summed E-state index contributed by atoms with van der Waals surface area (Å²) < 4.78 is 27.8. The van der Waals surface area contributed by atoms with Gasteiger partial charge in [0.15, 0.2) is 8.68 Å². The highest BCUT2D eigenvalue weighted by Gasteiger charge is 2.22. The monoisotopic (exact) mass is 446 g/mol. The van der Waals surface area contributed by atoms with Crippen LogP contribution in [0.5, 0.6) is 0 Å². The van der Waals surface area contributed by atoms with Crippen molar-refractivity contribution < 1.29 is 13.2 Å². The van der Waals surface area contributed by atoms with E-state index in [0.29, 0.717) is 5.69 Å². The van der Waals surface area contributed by atoms with Crippen LogP contribution < -0.4 is 5.32 Å². The minimum absolute atomic E-state index is 0.136. The maximum absolute atomic E-state index is 12.4. The van der Waals surface area contributed by atoms with Crippen LogP contribution in [0.3, 0.4) is 0 Å². The van der Waals surface area contributed by atoms with Gasteiger partial charge in [0.1, 0.15) is 0 Å². The van der Waals surface area contributed by atoms with Gasteiger partial charge in [-0.05, 0) is 43.9 Å². The number of rotatable bonds is 9. The van der Waals surface area contributed by atoms with Crippen molar-refractivity contribution in [3.63, 3.8) is 0 Å². The number of anilines is 1. The molecule has 0 radical (unpaired) electrons. The maximum Gasteiger partial charge on any atom is 0.243 e. The number of thioether (sulfide) groups is 2. The van der Waals surface area contributed by atoms with E-state index in [1.165, 1.54) is 39.5 Å². The highest BCUT2D eigenvalue weighted by atomic mass is 32.2. The first-order valence-electron chi connectivity index (χ1n) is 8.21. The van der Waals surface area contributed by atoms with Gasteiger partial charge in [-0.3, -0.25) is 4.79 Å². The van der Waals surface area contributed by atoms with Crippen molar-refractivity contribution in [1.82, 2.24) is 14.5 Å². The number of nitrogens with one attached hydrogen (secondary N) is 1. The Morgan fingerprint density at radius 3 is 2.33 bits per heavy atom. The molecule has 7 nitrogen and oxygen atoms in total. The highest BCUT2D eigenvalue weighted by molar-refractivity contribution is 8.03. The molecule has 0 bridgehead atoms. The molecule has 2 rings (SSSR count). The normalized spacial score (nSPS) is 11.9. The molecule has 1 aromatic carbocycles. The van der Waals surface area contributed by atoms with Crippen molar-refractivity contribution >= 4 is 56.5 Å². The molecule has 0 fully saturated rings. The molecular weight excluding hydrogens is 424 g/mol. The number of aromatic nitrogens is 2. The lowest BCUT2D eigenvalue weighted by Gasteiger charge is -2.21. The quantitative estimate of drug-likeness (QED) is 0.590. The summed E-state index contributed by atoms with van der Waals surface area (Å²) in [5.74, 6) is 0.954. The van der Waals surface area contributed by atoms with Crippen molar-refractivity contribution in [2.24, 2.45) is 0 Å². The summed E-state index contributed by atoms with van der Waals surface area (Å²) in [5, 5.41) is 10.8. The molecule has 0 aliphatic heterocycles. The zero-order valence-corrected chi connectivity index (χ0v) is 18.8. The van der Waals surface area contributed by atoms with Crippen LogP contribution in [0.25, 0.3) is 0 Å². The summed E-state index contributed by atoms with van der Waals surface area (Å²) in [7, 11) is -1.99. The molecule has 27 heavy (non-hydrogen) atoms. The lowest BCUT2D eigenvalue weighted by molar-refractivity contribution is -0.113. The third kappa shape index (κ3) is 6.18. The van der Waals surface area contributed by atoms with E-state index in [-0.39, 0.29) is 22.6 Å². The average Bonchev–Trinajstić information content (AvgIpc) is 3.07. The predicted molar refractivity (Wildman–Crippen MR) is 112 cm³/mol. The van der Waals surface area contributed by atoms with Gasteiger partial charge in [0.25, 0.3) is 0 Å².